The van der Waals surface area contributed by atoms with Gasteiger partial charge in [-0.3, -0.25) is 0 Å². The van der Waals surface area contributed by atoms with Crippen LogP contribution in [-0.2, 0) is 4.74 Å². The first-order valence-corrected chi connectivity index (χ1v) is 7.35. The molecule has 120 valence electrons. The van der Waals surface area contributed by atoms with E-state index in [1.165, 1.54) is 19.8 Å². The molecule has 3 rings (SSSR count). The van der Waals surface area contributed by atoms with Crippen LogP contribution in [0, 0.1) is 13.8 Å². The molecular weight excluding hydrogens is 294 g/mol. The summed E-state index contributed by atoms with van der Waals surface area (Å²) < 4.78 is 16.1. The topological polar surface area (TPSA) is 56.8 Å². The van der Waals surface area contributed by atoms with E-state index in [4.69, 9.17) is 14.2 Å². The SMILES string of the molecule is COc1ccc2c(c1OC)C(=O)O[C@@H]2Nc1cccc(C)c1C. The molecule has 5 nitrogen and oxygen atoms in total. The Labute approximate surface area is 135 Å². The van der Waals surface area contributed by atoms with Gasteiger partial charge in [0.25, 0.3) is 0 Å². The molecule has 0 aliphatic carbocycles. The van der Waals surface area contributed by atoms with Crippen LogP contribution in [0.1, 0.15) is 33.3 Å². The van der Waals surface area contributed by atoms with Gasteiger partial charge in [-0.15, -0.1) is 0 Å². The van der Waals surface area contributed by atoms with Gasteiger partial charge < -0.3 is 19.5 Å². The van der Waals surface area contributed by atoms with E-state index in [-0.39, 0.29) is 0 Å². The minimum atomic E-state index is -0.544. The predicted molar refractivity (Wildman–Crippen MR) is 87.2 cm³/mol. The van der Waals surface area contributed by atoms with E-state index < -0.39 is 12.2 Å². The van der Waals surface area contributed by atoms with E-state index in [9.17, 15) is 4.79 Å². The number of carbonyl (C=O) groups is 1. The van der Waals surface area contributed by atoms with Crippen molar-refractivity contribution in [2.75, 3.05) is 19.5 Å². The van der Waals surface area contributed by atoms with E-state index in [2.05, 4.69) is 5.32 Å². The summed E-state index contributed by atoms with van der Waals surface area (Å²) in [5, 5.41) is 3.29. The van der Waals surface area contributed by atoms with Crippen LogP contribution in [0.25, 0.3) is 0 Å². The highest BCUT2D eigenvalue weighted by Crippen LogP contribution is 2.42. The molecule has 0 amide bonds. The van der Waals surface area contributed by atoms with E-state index in [0.717, 1.165) is 16.8 Å². The number of anilines is 1. The maximum atomic E-state index is 12.3. The van der Waals surface area contributed by atoms with E-state index in [0.29, 0.717) is 17.1 Å². The van der Waals surface area contributed by atoms with Gasteiger partial charge in [0.2, 0.25) is 6.23 Å². The van der Waals surface area contributed by atoms with Crippen molar-refractivity contribution in [1.29, 1.82) is 0 Å². The Morgan fingerprint density at radius 1 is 1.09 bits per heavy atom. The number of fused-ring (bicyclic) bond motifs is 1. The summed E-state index contributed by atoms with van der Waals surface area (Å²) in [6.45, 7) is 4.08. The van der Waals surface area contributed by atoms with Crippen molar-refractivity contribution in [2.45, 2.75) is 20.1 Å². The van der Waals surface area contributed by atoms with Crippen LogP contribution < -0.4 is 14.8 Å². The third-order valence-corrected chi connectivity index (χ3v) is 4.18. The average Bonchev–Trinajstić information content (AvgIpc) is 2.87. The van der Waals surface area contributed by atoms with Gasteiger partial charge in [-0.2, -0.15) is 0 Å². The van der Waals surface area contributed by atoms with Crippen LogP contribution in [0.5, 0.6) is 11.5 Å². The number of methoxy groups -OCH3 is 2. The molecule has 0 unspecified atom stereocenters. The van der Waals surface area contributed by atoms with Crippen LogP contribution >= 0.6 is 0 Å². The molecule has 1 heterocycles. The third kappa shape index (κ3) is 2.48. The number of carbonyl (C=O) groups excluding carboxylic acids is 1. The second kappa shape index (κ2) is 5.83. The van der Waals surface area contributed by atoms with Crippen molar-refractivity contribution < 1.29 is 19.0 Å². The molecule has 2 aromatic carbocycles. The van der Waals surface area contributed by atoms with Crippen LogP contribution in [0.3, 0.4) is 0 Å². The fourth-order valence-corrected chi connectivity index (χ4v) is 2.76. The maximum absolute atomic E-state index is 12.3. The summed E-state index contributed by atoms with van der Waals surface area (Å²) in [6.07, 6.45) is -0.544. The molecule has 0 saturated heterocycles. The lowest BCUT2D eigenvalue weighted by Gasteiger charge is -2.17. The first-order chi connectivity index (χ1) is 11.1. The minimum Gasteiger partial charge on any atom is -0.493 e. The molecule has 1 aliphatic rings. The van der Waals surface area contributed by atoms with Gasteiger partial charge >= 0.3 is 5.97 Å². The maximum Gasteiger partial charge on any atom is 0.344 e. The molecule has 0 bridgehead atoms. The Morgan fingerprint density at radius 3 is 2.57 bits per heavy atom. The summed E-state index contributed by atoms with van der Waals surface area (Å²) in [4.78, 5) is 12.3. The number of rotatable bonds is 4. The van der Waals surface area contributed by atoms with Crippen molar-refractivity contribution in [3.63, 3.8) is 0 Å². The Balaban J connectivity index is 2.01. The van der Waals surface area contributed by atoms with E-state index in [1.807, 2.05) is 38.1 Å². The summed E-state index contributed by atoms with van der Waals surface area (Å²) in [7, 11) is 3.05. The molecule has 1 atom stereocenters. The van der Waals surface area contributed by atoms with Gasteiger partial charge in [-0.05, 0) is 43.2 Å². The Kier molecular flexibility index (Phi) is 3.86. The fourth-order valence-electron chi connectivity index (χ4n) is 2.76. The van der Waals surface area contributed by atoms with Gasteiger partial charge in [0.15, 0.2) is 11.5 Å². The van der Waals surface area contributed by atoms with Gasteiger partial charge in [0, 0.05) is 11.3 Å². The predicted octanol–water partition coefficient (Wildman–Crippen LogP) is 3.60. The smallest absolute Gasteiger partial charge is 0.344 e. The molecule has 0 spiro atoms. The first-order valence-electron chi connectivity index (χ1n) is 7.35. The quantitative estimate of drug-likeness (QED) is 0.874. The van der Waals surface area contributed by atoms with Crippen LogP contribution in [0.4, 0.5) is 5.69 Å². The number of ether oxygens (including phenoxy) is 3. The zero-order valence-electron chi connectivity index (χ0n) is 13.6. The van der Waals surface area contributed by atoms with E-state index >= 15 is 0 Å². The van der Waals surface area contributed by atoms with Crippen molar-refractivity contribution in [1.82, 2.24) is 0 Å². The number of nitrogens with one attached hydrogen (secondary N) is 1. The summed E-state index contributed by atoms with van der Waals surface area (Å²) in [5.41, 5.74) is 4.39. The fraction of sp³-hybridized carbons (Fsp3) is 0.278. The lowest BCUT2D eigenvalue weighted by atomic mass is 10.0. The number of benzene rings is 2. The second-order valence-electron chi connectivity index (χ2n) is 5.44. The molecule has 0 saturated carbocycles. The van der Waals surface area contributed by atoms with Crippen LogP contribution in [0.15, 0.2) is 30.3 Å². The molecule has 2 aromatic rings. The summed E-state index contributed by atoms with van der Waals surface area (Å²) in [5.74, 6) is 0.495. The third-order valence-electron chi connectivity index (χ3n) is 4.18. The lowest BCUT2D eigenvalue weighted by molar-refractivity contribution is 0.0435. The average molecular weight is 313 g/mol. The zero-order chi connectivity index (χ0) is 16.6. The highest BCUT2D eigenvalue weighted by molar-refractivity contribution is 5.98. The van der Waals surface area contributed by atoms with Gasteiger partial charge in [-0.25, -0.2) is 4.79 Å². The summed E-state index contributed by atoms with van der Waals surface area (Å²) >= 11 is 0. The highest BCUT2D eigenvalue weighted by Gasteiger charge is 2.36. The molecule has 23 heavy (non-hydrogen) atoms. The number of esters is 1. The Hall–Kier alpha value is -2.69. The molecule has 1 N–H and O–H groups in total. The number of aryl methyl sites for hydroxylation is 1. The van der Waals surface area contributed by atoms with Crippen LogP contribution in [0.2, 0.25) is 0 Å². The Morgan fingerprint density at radius 2 is 1.87 bits per heavy atom. The van der Waals surface area contributed by atoms with Crippen molar-refractivity contribution in [3.8, 4) is 11.5 Å². The number of cyclic esters (lactones) is 1. The minimum absolute atomic E-state index is 0.403. The van der Waals surface area contributed by atoms with Crippen molar-refractivity contribution in [3.05, 3.63) is 52.6 Å². The van der Waals surface area contributed by atoms with Gasteiger partial charge in [0.1, 0.15) is 5.56 Å². The largest absolute Gasteiger partial charge is 0.493 e. The Bertz CT molecular complexity index is 770. The molecule has 0 aromatic heterocycles. The zero-order valence-corrected chi connectivity index (χ0v) is 13.6. The molecule has 1 aliphatic heterocycles. The van der Waals surface area contributed by atoms with Gasteiger partial charge in [0.05, 0.1) is 14.2 Å². The number of hydrogen-bond acceptors (Lipinski definition) is 5. The molecule has 0 fully saturated rings. The summed E-state index contributed by atoms with van der Waals surface area (Å²) in [6, 6.07) is 9.58. The number of hydrogen-bond donors (Lipinski definition) is 1. The molecule has 5 heteroatoms. The van der Waals surface area contributed by atoms with Crippen molar-refractivity contribution in [2.24, 2.45) is 0 Å². The van der Waals surface area contributed by atoms with Crippen LogP contribution in [-0.4, -0.2) is 20.2 Å². The molecule has 0 radical (unpaired) electrons. The monoisotopic (exact) mass is 313 g/mol. The second-order valence-corrected chi connectivity index (χ2v) is 5.44. The van der Waals surface area contributed by atoms with Crippen molar-refractivity contribution >= 4 is 11.7 Å². The normalized spacial score (nSPS) is 15.8. The van der Waals surface area contributed by atoms with Gasteiger partial charge in [-0.1, -0.05) is 12.1 Å². The van der Waals surface area contributed by atoms with E-state index in [1.54, 1.807) is 6.07 Å². The standard InChI is InChI=1S/C18H19NO4/c1-10-6-5-7-13(11(10)2)19-17-12-8-9-14(21-3)16(22-4)15(12)18(20)23-17/h5-9,17,19H,1-4H3/t17-/m0/s1. The molecular formula is C18H19NO4. The first kappa shape index (κ1) is 15.2. The lowest BCUT2D eigenvalue weighted by Crippen LogP contribution is -2.11. The highest BCUT2D eigenvalue weighted by atomic mass is 16.6.